The van der Waals surface area contributed by atoms with E-state index in [-0.39, 0.29) is 0 Å². The molecule has 1 saturated heterocycles. The van der Waals surface area contributed by atoms with E-state index in [9.17, 15) is 0 Å². The predicted molar refractivity (Wildman–Crippen MR) is 67.3 cm³/mol. The zero-order valence-corrected chi connectivity index (χ0v) is 11.0. The van der Waals surface area contributed by atoms with Gasteiger partial charge < -0.3 is 4.90 Å². The molecule has 0 saturated carbocycles. The van der Waals surface area contributed by atoms with E-state index in [1.807, 2.05) is 0 Å². The van der Waals surface area contributed by atoms with Gasteiger partial charge in [-0.25, -0.2) is 0 Å². The predicted octanol–water partition coefficient (Wildman–Crippen LogP) is 2.59. The summed E-state index contributed by atoms with van der Waals surface area (Å²) in [6.07, 6.45) is 3.87. The molecule has 0 spiro atoms. The second-order valence-corrected chi connectivity index (χ2v) is 4.91. The molecule has 1 fully saturated rings. The first-order valence-corrected chi connectivity index (χ1v) is 6.70. The summed E-state index contributed by atoms with van der Waals surface area (Å²) in [4.78, 5) is 5.36. The van der Waals surface area contributed by atoms with Crippen LogP contribution >= 0.6 is 0 Å². The Morgan fingerprint density at radius 1 is 1.00 bits per heavy atom. The van der Waals surface area contributed by atoms with Gasteiger partial charge in [0.25, 0.3) is 0 Å². The van der Waals surface area contributed by atoms with E-state index in [0.717, 1.165) is 12.1 Å². The minimum absolute atomic E-state index is 0.746. The lowest BCUT2D eigenvalue weighted by Crippen LogP contribution is -2.57. The van der Waals surface area contributed by atoms with Gasteiger partial charge >= 0.3 is 0 Å². The van der Waals surface area contributed by atoms with Gasteiger partial charge in [-0.3, -0.25) is 4.90 Å². The smallest absolute Gasteiger partial charge is 0.0223 e. The van der Waals surface area contributed by atoms with Crippen LogP contribution in [0.1, 0.15) is 47.0 Å². The first kappa shape index (κ1) is 13.0. The molecule has 1 aliphatic rings. The molecule has 0 amide bonds. The van der Waals surface area contributed by atoms with Crippen molar-refractivity contribution in [2.24, 2.45) is 0 Å². The lowest BCUT2D eigenvalue weighted by atomic mass is 10.0. The summed E-state index contributed by atoms with van der Waals surface area (Å²) < 4.78 is 0. The quantitative estimate of drug-likeness (QED) is 0.691. The van der Waals surface area contributed by atoms with Gasteiger partial charge in [0, 0.05) is 25.2 Å². The normalized spacial score (nSPS) is 29.6. The number of rotatable bonds is 5. The molecule has 1 heterocycles. The average Bonchev–Trinajstić information content (AvgIpc) is 2.22. The Labute approximate surface area is 95.6 Å². The third-order valence-electron chi connectivity index (χ3n) is 3.52. The second kappa shape index (κ2) is 6.49. The van der Waals surface area contributed by atoms with Gasteiger partial charge in [0.2, 0.25) is 0 Å². The Bertz CT molecular complexity index is 170. The molecular weight excluding hydrogens is 184 g/mol. The number of hydrogen-bond donors (Lipinski definition) is 0. The highest BCUT2D eigenvalue weighted by atomic mass is 15.3. The standard InChI is InChI=1S/C13H28N2/c1-5-8-14-10-12(4)15(9-6-2)13(7-3)11-14/h12-13H,5-11H2,1-4H3. The average molecular weight is 212 g/mol. The van der Waals surface area contributed by atoms with Gasteiger partial charge in [-0.1, -0.05) is 20.8 Å². The van der Waals surface area contributed by atoms with E-state index < -0.39 is 0 Å². The van der Waals surface area contributed by atoms with Crippen LogP contribution in [-0.4, -0.2) is 48.1 Å². The summed E-state index contributed by atoms with van der Waals surface area (Å²) in [5.41, 5.74) is 0. The monoisotopic (exact) mass is 212 g/mol. The maximum absolute atomic E-state index is 2.71. The third-order valence-corrected chi connectivity index (χ3v) is 3.52. The largest absolute Gasteiger partial charge is 0.300 e. The Morgan fingerprint density at radius 2 is 1.67 bits per heavy atom. The van der Waals surface area contributed by atoms with Crippen LogP contribution < -0.4 is 0 Å². The molecule has 1 rings (SSSR count). The molecular formula is C13H28N2. The summed E-state index contributed by atoms with van der Waals surface area (Å²) in [6, 6.07) is 1.54. The summed E-state index contributed by atoms with van der Waals surface area (Å²) in [5, 5.41) is 0. The van der Waals surface area contributed by atoms with Gasteiger partial charge in [-0.05, 0) is 39.3 Å². The molecule has 0 bridgehead atoms. The molecule has 2 atom stereocenters. The molecule has 0 aromatic rings. The first-order valence-electron chi connectivity index (χ1n) is 6.70. The van der Waals surface area contributed by atoms with Gasteiger partial charge in [-0.15, -0.1) is 0 Å². The first-order chi connectivity index (χ1) is 7.22. The molecule has 2 unspecified atom stereocenters. The van der Waals surface area contributed by atoms with Crippen molar-refractivity contribution in [3.05, 3.63) is 0 Å². The van der Waals surface area contributed by atoms with Gasteiger partial charge in [0.05, 0.1) is 0 Å². The van der Waals surface area contributed by atoms with E-state index in [2.05, 4.69) is 37.5 Å². The van der Waals surface area contributed by atoms with Crippen molar-refractivity contribution >= 4 is 0 Å². The topological polar surface area (TPSA) is 6.48 Å². The van der Waals surface area contributed by atoms with Crippen LogP contribution in [0.5, 0.6) is 0 Å². The summed E-state index contributed by atoms with van der Waals surface area (Å²) >= 11 is 0. The van der Waals surface area contributed by atoms with Crippen molar-refractivity contribution in [3.63, 3.8) is 0 Å². The molecule has 0 N–H and O–H groups in total. The molecule has 0 aliphatic carbocycles. The van der Waals surface area contributed by atoms with Crippen LogP contribution in [0.4, 0.5) is 0 Å². The molecule has 0 radical (unpaired) electrons. The maximum atomic E-state index is 2.71. The maximum Gasteiger partial charge on any atom is 0.0223 e. The number of nitrogens with zero attached hydrogens (tertiary/aromatic N) is 2. The molecule has 2 nitrogen and oxygen atoms in total. The third kappa shape index (κ3) is 3.46. The Kier molecular flexibility index (Phi) is 5.62. The van der Waals surface area contributed by atoms with Gasteiger partial charge in [-0.2, -0.15) is 0 Å². The fourth-order valence-corrected chi connectivity index (χ4v) is 2.84. The van der Waals surface area contributed by atoms with Crippen LogP contribution in [0, 0.1) is 0 Å². The Balaban J connectivity index is 2.53. The molecule has 2 heteroatoms. The summed E-state index contributed by atoms with van der Waals surface area (Å²) in [5.74, 6) is 0. The fraction of sp³-hybridized carbons (Fsp3) is 1.00. The molecule has 0 aromatic carbocycles. The highest BCUT2D eigenvalue weighted by Crippen LogP contribution is 2.18. The zero-order valence-electron chi connectivity index (χ0n) is 11.0. The summed E-state index contributed by atoms with van der Waals surface area (Å²) in [6.45, 7) is 14.4. The van der Waals surface area contributed by atoms with E-state index in [0.29, 0.717) is 0 Å². The van der Waals surface area contributed by atoms with E-state index in [1.165, 1.54) is 45.4 Å². The lowest BCUT2D eigenvalue weighted by molar-refractivity contribution is 0.0293. The van der Waals surface area contributed by atoms with Crippen molar-refractivity contribution < 1.29 is 0 Å². The van der Waals surface area contributed by atoms with Gasteiger partial charge in [0.15, 0.2) is 0 Å². The highest BCUT2D eigenvalue weighted by Gasteiger charge is 2.29. The lowest BCUT2D eigenvalue weighted by Gasteiger charge is -2.45. The van der Waals surface area contributed by atoms with E-state index >= 15 is 0 Å². The van der Waals surface area contributed by atoms with Crippen LogP contribution in [0.2, 0.25) is 0 Å². The highest BCUT2D eigenvalue weighted by molar-refractivity contribution is 4.86. The molecule has 1 aliphatic heterocycles. The SMILES string of the molecule is CCCN1CC(C)N(CCC)C(CC)C1. The van der Waals surface area contributed by atoms with Crippen LogP contribution in [0.25, 0.3) is 0 Å². The van der Waals surface area contributed by atoms with Gasteiger partial charge in [0.1, 0.15) is 0 Å². The minimum Gasteiger partial charge on any atom is -0.300 e. The summed E-state index contributed by atoms with van der Waals surface area (Å²) in [7, 11) is 0. The van der Waals surface area contributed by atoms with Crippen LogP contribution in [0.15, 0.2) is 0 Å². The van der Waals surface area contributed by atoms with Crippen LogP contribution in [-0.2, 0) is 0 Å². The molecule has 15 heavy (non-hydrogen) atoms. The Morgan fingerprint density at radius 3 is 2.20 bits per heavy atom. The van der Waals surface area contributed by atoms with Crippen molar-refractivity contribution in [3.8, 4) is 0 Å². The van der Waals surface area contributed by atoms with Crippen molar-refractivity contribution in [2.75, 3.05) is 26.2 Å². The zero-order chi connectivity index (χ0) is 11.3. The van der Waals surface area contributed by atoms with Crippen LogP contribution in [0.3, 0.4) is 0 Å². The van der Waals surface area contributed by atoms with Crippen molar-refractivity contribution in [1.82, 2.24) is 9.80 Å². The van der Waals surface area contributed by atoms with Crippen molar-refractivity contribution in [1.29, 1.82) is 0 Å². The van der Waals surface area contributed by atoms with Crippen molar-refractivity contribution in [2.45, 2.75) is 59.0 Å². The Hall–Kier alpha value is -0.0800. The number of piperazine rings is 1. The number of hydrogen-bond acceptors (Lipinski definition) is 2. The molecule has 0 aromatic heterocycles. The fourth-order valence-electron chi connectivity index (χ4n) is 2.84. The minimum atomic E-state index is 0.746. The molecule has 90 valence electrons. The van der Waals surface area contributed by atoms with E-state index in [1.54, 1.807) is 0 Å². The second-order valence-electron chi connectivity index (χ2n) is 4.91. The van der Waals surface area contributed by atoms with E-state index in [4.69, 9.17) is 0 Å².